The first-order valence-corrected chi connectivity index (χ1v) is 15.6. The lowest BCUT2D eigenvalue weighted by Crippen LogP contribution is -1.93. The largest absolute Gasteiger partial charge is 0.508 e. The fourth-order valence-corrected chi connectivity index (χ4v) is 7.17. The number of fused-ring (bicyclic) bond motifs is 5. The van der Waals surface area contributed by atoms with E-state index in [9.17, 15) is 5.11 Å². The Labute approximate surface area is 266 Å². The quantitative estimate of drug-likeness (QED) is 0.208. The smallest absolute Gasteiger partial charge is 0.136 e. The number of hydrogen-bond acceptors (Lipinski definition) is 2. The summed E-state index contributed by atoms with van der Waals surface area (Å²) in [6.07, 6.45) is 0. The van der Waals surface area contributed by atoms with E-state index >= 15 is 0 Å². The molecule has 9 aromatic rings. The predicted octanol–water partition coefficient (Wildman–Crippen LogP) is 12.3. The van der Waals surface area contributed by atoms with E-state index in [4.69, 9.17) is 4.42 Å². The van der Waals surface area contributed by atoms with Crippen LogP contribution in [0.1, 0.15) is 0 Å². The molecule has 216 valence electrons. The summed E-state index contributed by atoms with van der Waals surface area (Å²) in [5, 5.41) is 17.0. The topological polar surface area (TPSA) is 33.4 Å². The summed E-state index contributed by atoms with van der Waals surface area (Å²) in [6.45, 7) is 0. The van der Waals surface area contributed by atoms with E-state index in [0.29, 0.717) is 0 Å². The standard InChI is InChI=1S/C44H28O2/c45-31-24-22-29(23-25-31)32-14-4-5-15-33(32)43-36-18-8-6-16-34(36)42(35-17-7-9-19-37(35)43)30-26-39(28-12-2-1-3-13-28)44-38-20-10-11-21-40(38)46-41(44)27-30/h1-27,45H. The highest BCUT2D eigenvalue weighted by atomic mass is 16.3. The van der Waals surface area contributed by atoms with Gasteiger partial charge < -0.3 is 9.52 Å². The first-order valence-electron chi connectivity index (χ1n) is 15.6. The maximum absolute atomic E-state index is 10.0. The molecule has 46 heavy (non-hydrogen) atoms. The Morgan fingerprint density at radius 3 is 1.54 bits per heavy atom. The van der Waals surface area contributed by atoms with Crippen LogP contribution < -0.4 is 0 Å². The van der Waals surface area contributed by atoms with Gasteiger partial charge in [0.2, 0.25) is 0 Å². The summed E-state index contributed by atoms with van der Waals surface area (Å²) < 4.78 is 6.55. The summed E-state index contributed by atoms with van der Waals surface area (Å²) >= 11 is 0. The van der Waals surface area contributed by atoms with E-state index in [2.05, 4.69) is 133 Å². The molecule has 0 atom stereocenters. The molecule has 1 heterocycles. The van der Waals surface area contributed by atoms with E-state index in [1.165, 1.54) is 32.7 Å². The molecule has 2 nitrogen and oxygen atoms in total. The lowest BCUT2D eigenvalue weighted by atomic mass is 9.83. The highest BCUT2D eigenvalue weighted by molar-refractivity contribution is 6.23. The lowest BCUT2D eigenvalue weighted by Gasteiger charge is -2.20. The summed E-state index contributed by atoms with van der Waals surface area (Å²) in [4.78, 5) is 0. The van der Waals surface area contributed by atoms with Gasteiger partial charge in [0.05, 0.1) is 0 Å². The van der Waals surface area contributed by atoms with Crippen LogP contribution in [0.4, 0.5) is 0 Å². The summed E-state index contributed by atoms with van der Waals surface area (Å²) in [6, 6.07) is 57.1. The average Bonchev–Trinajstić information content (AvgIpc) is 3.49. The highest BCUT2D eigenvalue weighted by Gasteiger charge is 2.21. The van der Waals surface area contributed by atoms with Crippen molar-refractivity contribution in [2.75, 3.05) is 0 Å². The van der Waals surface area contributed by atoms with Crippen molar-refractivity contribution in [2.24, 2.45) is 0 Å². The molecule has 0 fully saturated rings. The molecule has 0 aliphatic rings. The number of phenols is 1. The molecule has 0 amide bonds. The van der Waals surface area contributed by atoms with Crippen molar-refractivity contribution in [3.8, 4) is 50.3 Å². The van der Waals surface area contributed by atoms with Gasteiger partial charge >= 0.3 is 0 Å². The Kier molecular flexibility index (Phi) is 6.00. The average molecular weight is 589 g/mol. The van der Waals surface area contributed by atoms with Crippen LogP contribution in [-0.4, -0.2) is 5.11 Å². The monoisotopic (exact) mass is 588 g/mol. The van der Waals surface area contributed by atoms with E-state index in [0.717, 1.165) is 55.3 Å². The van der Waals surface area contributed by atoms with Crippen molar-refractivity contribution in [1.29, 1.82) is 0 Å². The number of furan rings is 1. The number of phenolic OH excluding ortho intramolecular Hbond substituents is 1. The third-order valence-corrected chi connectivity index (χ3v) is 9.16. The Morgan fingerprint density at radius 2 is 0.870 bits per heavy atom. The minimum absolute atomic E-state index is 0.262. The molecule has 0 saturated carbocycles. The second-order valence-corrected chi connectivity index (χ2v) is 11.8. The van der Waals surface area contributed by atoms with Crippen molar-refractivity contribution >= 4 is 43.5 Å². The third kappa shape index (κ3) is 4.12. The molecule has 0 saturated heterocycles. The zero-order valence-electron chi connectivity index (χ0n) is 24.9. The molecule has 8 aromatic carbocycles. The summed E-state index contributed by atoms with van der Waals surface area (Å²) in [5.41, 5.74) is 11.0. The van der Waals surface area contributed by atoms with Crippen molar-refractivity contribution in [2.45, 2.75) is 0 Å². The molecular formula is C44H28O2. The van der Waals surface area contributed by atoms with Gasteiger partial charge in [0, 0.05) is 10.8 Å². The van der Waals surface area contributed by atoms with Gasteiger partial charge in [-0.2, -0.15) is 0 Å². The van der Waals surface area contributed by atoms with Crippen LogP contribution in [0.3, 0.4) is 0 Å². The van der Waals surface area contributed by atoms with Crippen molar-refractivity contribution in [3.05, 3.63) is 164 Å². The third-order valence-electron chi connectivity index (χ3n) is 9.16. The SMILES string of the molecule is Oc1ccc(-c2ccccc2-c2c3ccccc3c(-c3cc(-c4ccccc4)c4c(c3)oc3ccccc34)c3ccccc23)cc1. The molecule has 9 rings (SSSR count). The van der Waals surface area contributed by atoms with Crippen molar-refractivity contribution in [1.82, 2.24) is 0 Å². The second kappa shape index (κ2) is 10.5. The molecular weight excluding hydrogens is 560 g/mol. The second-order valence-electron chi connectivity index (χ2n) is 11.8. The molecule has 0 aliphatic heterocycles. The highest BCUT2D eigenvalue weighted by Crippen LogP contribution is 2.48. The number of rotatable bonds is 4. The minimum atomic E-state index is 0.262. The van der Waals surface area contributed by atoms with Gasteiger partial charge in [-0.15, -0.1) is 0 Å². The fraction of sp³-hybridized carbons (Fsp3) is 0. The maximum atomic E-state index is 10.0. The molecule has 1 aromatic heterocycles. The minimum Gasteiger partial charge on any atom is -0.508 e. The Hall–Kier alpha value is -6.12. The Morgan fingerprint density at radius 1 is 0.348 bits per heavy atom. The molecule has 0 spiro atoms. The van der Waals surface area contributed by atoms with E-state index in [1.54, 1.807) is 12.1 Å². The molecule has 0 aliphatic carbocycles. The van der Waals surface area contributed by atoms with Crippen LogP contribution in [0, 0.1) is 0 Å². The molecule has 2 heteroatoms. The molecule has 1 N–H and O–H groups in total. The fourth-order valence-electron chi connectivity index (χ4n) is 7.17. The van der Waals surface area contributed by atoms with E-state index in [1.807, 2.05) is 18.2 Å². The van der Waals surface area contributed by atoms with Crippen molar-refractivity contribution in [3.63, 3.8) is 0 Å². The van der Waals surface area contributed by atoms with Crippen LogP contribution in [0.2, 0.25) is 0 Å². The van der Waals surface area contributed by atoms with Crippen molar-refractivity contribution < 1.29 is 9.52 Å². The maximum Gasteiger partial charge on any atom is 0.136 e. The zero-order valence-corrected chi connectivity index (χ0v) is 24.9. The van der Waals surface area contributed by atoms with Crippen LogP contribution in [0.15, 0.2) is 168 Å². The number of para-hydroxylation sites is 1. The van der Waals surface area contributed by atoms with Crippen LogP contribution in [-0.2, 0) is 0 Å². The van der Waals surface area contributed by atoms with Gasteiger partial charge in [-0.05, 0) is 96.4 Å². The van der Waals surface area contributed by atoms with Gasteiger partial charge in [0.15, 0.2) is 0 Å². The van der Waals surface area contributed by atoms with Crippen LogP contribution >= 0.6 is 0 Å². The predicted molar refractivity (Wildman–Crippen MR) is 192 cm³/mol. The molecule has 0 unspecified atom stereocenters. The molecule has 0 radical (unpaired) electrons. The number of benzene rings is 8. The summed E-state index contributed by atoms with van der Waals surface area (Å²) in [5.74, 6) is 0.262. The van der Waals surface area contributed by atoms with E-state index < -0.39 is 0 Å². The van der Waals surface area contributed by atoms with Crippen LogP contribution in [0.25, 0.3) is 88.0 Å². The normalized spacial score (nSPS) is 11.6. The van der Waals surface area contributed by atoms with E-state index in [-0.39, 0.29) is 5.75 Å². The van der Waals surface area contributed by atoms with Gasteiger partial charge in [0.1, 0.15) is 16.9 Å². The van der Waals surface area contributed by atoms with Gasteiger partial charge in [0.25, 0.3) is 0 Å². The first-order chi connectivity index (χ1) is 22.7. The first kappa shape index (κ1) is 26.3. The molecule has 0 bridgehead atoms. The van der Waals surface area contributed by atoms with Gasteiger partial charge in [-0.25, -0.2) is 0 Å². The summed E-state index contributed by atoms with van der Waals surface area (Å²) in [7, 11) is 0. The zero-order chi connectivity index (χ0) is 30.6. The van der Waals surface area contributed by atoms with Crippen LogP contribution in [0.5, 0.6) is 5.75 Å². The lowest BCUT2D eigenvalue weighted by molar-refractivity contribution is 0.475. The van der Waals surface area contributed by atoms with Gasteiger partial charge in [-0.3, -0.25) is 0 Å². The van der Waals surface area contributed by atoms with Gasteiger partial charge in [-0.1, -0.05) is 133 Å². The Bertz CT molecular complexity index is 2520. The Balaban J connectivity index is 1.39. The number of aromatic hydroxyl groups is 1. The number of hydrogen-bond donors (Lipinski definition) is 1.